The Kier molecular flexibility index (Phi) is 3.88. The lowest BCUT2D eigenvalue weighted by Gasteiger charge is -2.35. The highest BCUT2D eigenvalue weighted by Gasteiger charge is 2.28. The first kappa shape index (κ1) is 14.6. The Hall–Kier alpha value is -2.30. The molecule has 1 atom stereocenters. The molecule has 2 heterocycles. The van der Waals surface area contributed by atoms with E-state index in [0.717, 1.165) is 24.5 Å². The Bertz CT molecular complexity index is 693. The van der Waals surface area contributed by atoms with Gasteiger partial charge in [0.1, 0.15) is 11.5 Å². The van der Waals surface area contributed by atoms with Crippen molar-refractivity contribution in [3.8, 4) is 5.75 Å². The zero-order chi connectivity index (χ0) is 15.7. The largest absolute Gasteiger partial charge is 0.497 e. The number of hydrogen-bond donors (Lipinski definition) is 0. The number of rotatable bonds is 3. The van der Waals surface area contributed by atoms with Crippen molar-refractivity contribution in [2.45, 2.75) is 32.7 Å². The summed E-state index contributed by atoms with van der Waals surface area (Å²) in [6.45, 7) is 4.61. The predicted molar refractivity (Wildman–Crippen MR) is 81.8 cm³/mol. The normalized spacial score (nSPS) is 17.2. The smallest absolute Gasteiger partial charge is 0.229 e. The number of nitrogens with zero attached hydrogens (tertiary/aromatic N) is 2. The van der Waals surface area contributed by atoms with Crippen molar-refractivity contribution in [1.82, 2.24) is 10.1 Å². The molecular weight excluding hydrogens is 280 g/mol. The van der Waals surface area contributed by atoms with Gasteiger partial charge in [0.25, 0.3) is 0 Å². The van der Waals surface area contributed by atoms with Gasteiger partial charge in [-0.2, -0.15) is 0 Å². The molecule has 0 aliphatic carbocycles. The molecule has 116 valence electrons. The monoisotopic (exact) mass is 300 g/mol. The predicted octanol–water partition coefficient (Wildman–Crippen LogP) is 2.68. The van der Waals surface area contributed by atoms with E-state index >= 15 is 0 Å². The van der Waals surface area contributed by atoms with Crippen LogP contribution in [0, 0.1) is 6.92 Å². The Morgan fingerprint density at radius 1 is 1.45 bits per heavy atom. The van der Waals surface area contributed by atoms with E-state index in [1.54, 1.807) is 7.11 Å². The average Bonchev–Trinajstić information content (AvgIpc) is 2.92. The number of aryl methyl sites for hydroxylation is 1. The second kappa shape index (κ2) is 5.83. The molecule has 0 spiro atoms. The summed E-state index contributed by atoms with van der Waals surface area (Å²) in [4.78, 5) is 14.5. The van der Waals surface area contributed by atoms with E-state index in [9.17, 15) is 4.79 Å². The number of benzene rings is 1. The fourth-order valence-corrected chi connectivity index (χ4v) is 3.03. The van der Waals surface area contributed by atoms with Gasteiger partial charge in [-0.15, -0.1) is 0 Å². The first-order valence-electron chi connectivity index (χ1n) is 7.47. The van der Waals surface area contributed by atoms with Crippen LogP contribution < -0.4 is 4.74 Å². The van der Waals surface area contributed by atoms with Crippen LogP contribution >= 0.6 is 0 Å². The van der Waals surface area contributed by atoms with Gasteiger partial charge in [0.05, 0.1) is 25.3 Å². The minimum Gasteiger partial charge on any atom is -0.497 e. The van der Waals surface area contributed by atoms with Crippen LogP contribution in [-0.2, 0) is 17.6 Å². The number of fused-ring (bicyclic) bond motifs is 1. The molecule has 1 aliphatic heterocycles. The highest BCUT2D eigenvalue weighted by molar-refractivity contribution is 5.79. The maximum Gasteiger partial charge on any atom is 0.229 e. The molecule has 3 rings (SSSR count). The number of amides is 1. The molecule has 1 unspecified atom stereocenters. The summed E-state index contributed by atoms with van der Waals surface area (Å²) in [5.74, 6) is 1.68. The van der Waals surface area contributed by atoms with Crippen LogP contribution in [-0.4, -0.2) is 29.6 Å². The van der Waals surface area contributed by atoms with Crippen molar-refractivity contribution in [3.05, 3.63) is 46.8 Å². The number of ether oxygens (including phenoxy) is 1. The fraction of sp³-hybridized carbons (Fsp3) is 0.412. The van der Waals surface area contributed by atoms with Gasteiger partial charge >= 0.3 is 0 Å². The van der Waals surface area contributed by atoms with Crippen LogP contribution in [0.3, 0.4) is 0 Å². The lowest BCUT2D eigenvalue weighted by atomic mass is 9.93. The van der Waals surface area contributed by atoms with Crippen LogP contribution in [0.25, 0.3) is 0 Å². The maximum absolute atomic E-state index is 12.5. The van der Waals surface area contributed by atoms with Crippen molar-refractivity contribution in [3.63, 3.8) is 0 Å². The third-order valence-corrected chi connectivity index (χ3v) is 4.22. The van der Waals surface area contributed by atoms with Gasteiger partial charge in [-0.25, -0.2) is 0 Å². The molecule has 1 aliphatic rings. The summed E-state index contributed by atoms with van der Waals surface area (Å²) >= 11 is 0. The third kappa shape index (κ3) is 2.71. The number of carbonyl (C=O) groups excluding carboxylic acids is 1. The van der Waals surface area contributed by atoms with E-state index in [1.165, 1.54) is 11.1 Å². The molecule has 5 heteroatoms. The molecule has 0 saturated carbocycles. The molecule has 1 amide bonds. The van der Waals surface area contributed by atoms with Crippen LogP contribution in [0.1, 0.15) is 35.5 Å². The number of aromatic nitrogens is 1. The van der Waals surface area contributed by atoms with E-state index < -0.39 is 0 Å². The third-order valence-electron chi connectivity index (χ3n) is 4.22. The molecule has 0 fully saturated rings. The highest BCUT2D eigenvalue weighted by atomic mass is 16.5. The summed E-state index contributed by atoms with van der Waals surface area (Å²) in [6, 6.07) is 7.94. The van der Waals surface area contributed by atoms with Crippen LogP contribution in [0.4, 0.5) is 0 Å². The van der Waals surface area contributed by atoms with Gasteiger partial charge in [-0.3, -0.25) is 4.79 Å². The second-order valence-corrected chi connectivity index (χ2v) is 5.68. The lowest BCUT2D eigenvalue weighted by molar-refractivity contribution is -0.133. The Morgan fingerprint density at radius 2 is 2.27 bits per heavy atom. The lowest BCUT2D eigenvalue weighted by Crippen LogP contribution is -2.39. The second-order valence-electron chi connectivity index (χ2n) is 5.68. The van der Waals surface area contributed by atoms with Gasteiger partial charge in [0, 0.05) is 12.6 Å². The standard InChI is InChI=1S/C17H20N2O3/c1-11-8-14(18-22-11)10-17(20)19-7-6-13-9-15(21-3)4-5-16(13)12(19)2/h4-5,8-9,12H,6-7,10H2,1-3H3. The molecule has 1 aromatic carbocycles. The molecule has 1 aromatic heterocycles. The summed E-state index contributed by atoms with van der Waals surface area (Å²) in [5, 5.41) is 3.90. The molecule has 5 nitrogen and oxygen atoms in total. The average molecular weight is 300 g/mol. The number of hydrogen-bond acceptors (Lipinski definition) is 4. The maximum atomic E-state index is 12.5. The topological polar surface area (TPSA) is 55.6 Å². The SMILES string of the molecule is COc1ccc2c(c1)CCN(C(=O)Cc1cc(C)on1)C2C. The zero-order valence-corrected chi connectivity index (χ0v) is 13.1. The summed E-state index contributed by atoms with van der Waals surface area (Å²) < 4.78 is 10.3. The Labute approximate surface area is 129 Å². The van der Waals surface area contributed by atoms with E-state index in [0.29, 0.717) is 5.69 Å². The first-order chi connectivity index (χ1) is 10.6. The van der Waals surface area contributed by atoms with Crippen molar-refractivity contribution in [1.29, 1.82) is 0 Å². The van der Waals surface area contributed by atoms with Crippen molar-refractivity contribution < 1.29 is 14.1 Å². The van der Waals surface area contributed by atoms with Gasteiger partial charge in [-0.1, -0.05) is 11.2 Å². The van der Waals surface area contributed by atoms with Gasteiger partial charge in [-0.05, 0) is 43.5 Å². The minimum absolute atomic E-state index is 0.0650. The molecule has 22 heavy (non-hydrogen) atoms. The fourth-order valence-electron chi connectivity index (χ4n) is 3.03. The van der Waals surface area contributed by atoms with Crippen molar-refractivity contribution >= 4 is 5.91 Å². The van der Waals surface area contributed by atoms with E-state index in [2.05, 4.69) is 24.2 Å². The van der Waals surface area contributed by atoms with Crippen LogP contribution in [0.15, 0.2) is 28.8 Å². The molecule has 2 aromatic rings. The molecule has 0 saturated heterocycles. The summed E-state index contributed by atoms with van der Waals surface area (Å²) in [5.41, 5.74) is 3.14. The summed E-state index contributed by atoms with van der Waals surface area (Å²) in [6.07, 6.45) is 1.13. The van der Waals surface area contributed by atoms with Crippen LogP contribution in [0.5, 0.6) is 5.75 Å². The van der Waals surface area contributed by atoms with Gasteiger partial charge in [0.15, 0.2) is 0 Å². The molecule has 0 N–H and O–H groups in total. The summed E-state index contributed by atoms with van der Waals surface area (Å²) in [7, 11) is 1.67. The number of carbonyl (C=O) groups is 1. The van der Waals surface area contributed by atoms with E-state index in [4.69, 9.17) is 9.26 Å². The highest BCUT2D eigenvalue weighted by Crippen LogP contribution is 2.32. The molecule has 0 bridgehead atoms. The van der Waals surface area contributed by atoms with Crippen molar-refractivity contribution in [2.75, 3.05) is 13.7 Å². The van der Waals surface area contributed by atoms with Gasteiger partial charge < -0.3 is 14.2 Å². The molecule has 0 radical (unpaired) electrons. The quantitative estimate of drug-likeness (QED) is 0.874. The van der Waals surface area contributed by atoms with E-state index in [1.807, 2.05) is 24.0 Å². The Balaban J connectivity index is 1.77. The van der Waals surface area contributed by atoms with E-state index in [-0.39, 0.29) is 18.4 Å². The minimum atomic E-state index is 0.0650. The first-order valence-corrected chi connectivity index (χ1v) is 7.47. The van der Waals surface area contributed by atoms with Gasteiger partial charge in [0.2, 0.25) is 5.91 Å². The molecular formula is C17H20N2O3. The zero-order valence-electron chi connectivity index (χ0n) is 13.1. The van der Waals surface area contributed by atoms with Crippen molar-refractivity contribution in [2.24, 2.45) is 0 Å². The van der Waals surface area contributed by atoms with Crippen LogP contribution in [0.2, 0.25) is 0 Å². The Morgan fingerprint density at radius 3 is 2.95 bits per heavy atom. The number of methoxy groups -OCH3 is 1.